The number of carbonyl (C=O) groups is 2. The zero-order valence-electron chi connectivity index (χ0n) is 9.08. The number of hydrogen-bond acceptors (Lipinski definition) is 3. The number of carboxylic acid groups (broad SMARTS) is 1. The Bertz CT molecular complexity index is 663. The van der Waals surface area contributed by atoms with E-state index in [9.17, 15) is 22.8 Å². The fourth-order valence-electron chi connectivity index (χ4n) is 1.46. The van der Waals surface area contributed by atoms with Gasteiger partial charge in [-0.1, -0.05) is 0 Å². The molecule has 6 nitrogen and oxygen atoms in total. The van der Waals surface area contributed by atoms with E-state index >= 15 is 0 Å². The molecule has 0 fully saturated rings. The molecule has 100 valence electrons. The first-order chi connectivity index (χ1) is 8.79. The normalized spacial score (nSPS) is 11.5. The molecule has 0 atom stereocenters. The molecule has 0 aliphatic heterocycles. The van der Waals surface area contributed by atoms with Gasteiger partial charge in [-0.15, -0.1) is 0 Å². The van der Waals surface area contributed by atoms with Gasteiger partial charge in [0.1, 0.15) is 0 Å². The summed E-state index contributed by atoms with van der Waals surface area (Å²) in [4.78, 5) is 21.6. The van der Waals surface area contributed by atoms with Crippen LogP contribution in [0.2, 0.25) is 0 Å². The maximum absolute atomic E-state index is 12.1. The second-order valence-electron chi connectivity index (χ2n) is 3.59. The van der Waals surface area contributed by atoms with Gasteiger partial charge in [0.05, 0.1) is 5.52 Å². The van der Waals surface area contributed by atoms with E-state index in [1.165, 1.54) is 12.1 Å². The molecule has 0 radical (unpaired) electrons. The highest BCUT2D eigenvalue weighted by Crippen LogP contribution is 2.23. The molecule has 0 spiro atoms. The maximum Gasteiger partial charge on any atom is 0.471 e. The summed E-state index contributed by atoms with van der Waals surface area (Å²) in [5.41, 5.74) is -0.167. The minimum Gasteiger partial charge on any atom is -0.476 e. The summed E-state index contributed by atoms with van der Waals surface area (Å²) in [7, 11) is 0. The van der Waals surface area contributed by atoms with Gasteiger partial charge in [-0.05, 0) is 18.2 Å². The first kappa shape index (κ1) is 12.9. The predicted molar refractivity (Wildman–Crippen MR) is 57.7 cm³/mol. The largest absolute Gasteiger partial charge is 0.476 e. The van der Waals surface area contributed by atoms with Crippen molar-refractivity contribution in [1.82, 2.24) is 10.2 Å². The average Bonchev–Trinajstić information content (AvgIpc) is 2.70. The number of aromatic nitrogens is 2. The highest BCUT2D eigenvalue weighted by molar-refractivity contribution is 6.03. The van der Waals surface area contributed by atoms with Crippen LogP contribution in [-0.2, 0) is 4.79 Å². The van der Waals surface area contributed by atoms with Crippen molar-refractivity contribution in [2.45, 2.75) is 6.18 Å². The number of rotatable bonds is 2. The Morgan fingerprint density at radius 1 is 1.32 bits per heavy atom. The topological polar surface area (TPSA) is 95.1 Å². The van der Waals surface area contributed by atoms with Gasteiger partial charge in [-0.2, -0.15) is 18.3 Å². The quantitative estimate of drug-likeness (QED) is 0.777. The molecular formula is C10H6F3N3O3. The molecule has 19 heavy (non-hydrogen) atoms. The van der Waals surface area contributed by atoms with Crippen LogP contribution < -0.4 is 5.32 Å². The van der Waals surface area contributed by atoms with Gasteiger partial charge in [-0.3, -0.25) is 9.89 Å². The first-order valence-electron chi connectivity index (χ1n) is 4.88. The van der Waals surface area contributed by atoms with Gasteiger partial charge in [0.2, 0.25) is 0 Å². The maximum atomic E-state index is 12.1. The Labute approximate surface area is 103 Å². The van der Waals surface area contributed by atoms with E-state index in [2.05, 4.69) is 10.2 Å². The van der Waals surface area contributed by atoms with Crippen molar-refractivity contribution < 1.29 is 27.9 Å². The lowest BCUT2D eigenvalue weighted by Gasteiger charge is -2.07. The second-order valence-corrected chi connectivity index (χ2v) is 3.59. The minimum absolute atomic E-state index is 0.104. The molecule has 1 aromatic heterocycles. The number of anilines is 1. The summed E-state index contributed by atoms with van der Waals surface area (Å²) >= 11 is 0. The van der Waals surface area contributed by atoms with E-state index in [1.807, 2.05) is 0 Å². The number of amides is 1. The lowest BCUT2D eigenvalue weighted by molar-refractivity contribution is -0.167. The Hall–Kier alpha value is -2.58. The van der Waals surface area contributed by atoms with Crippen LogP contribution in [0, 0.1) is 0 Å². The zero-order chi connectivity index (χ0) is 14.2. The Balaban J connectivity index is 2.38. The molecule has 0 aliphatic carbocycles. The molecule has 9 heteroatoms. The lowest BCUT2D eigenvalue weighted by Crippen LogP contribution is -2.29. The van der Waals surface area contributed by atoms with E-state index in [1.54, 1.807) is 5.32 Å². The molecule has 1 aromatic carbocycles. The van der Waals surface area contributed by atoms with Crippen LogP contribution in [0.1, 0.15) is 10.5 Å². The number of carbonyl (C=O) groups excluding carboxylic acids is 1. The highest BCUT2D eigenvalue weighted by atomic mass is 19.4. The summed E-state index contributed by atoms with van der Waals surface area (Å²) < 4.78 is 36.2. The smallest absolute Gasteiger partial charge is 0.471 e. The molecule has 0 saturated heterocycles. The van der Waals surface area contributed by atoms with Crippen molar-refractivity contribution in [3.05, 3.63) is 23.9 Å². The standard InChI is InChI=1S/C10H6F3N3O3/c11-10(12,13)9(19)14-4-1-2-6-5(3-4)7(8(17)18)16-15-6/h1-3H,(H,14,19)(H,15,16)(H,17,18). The number of carboxylic acids is 1. The third-order valence-electron chi connectivity index (χ3n) is 2.28. The summed E-state index contributed by atoms with van der Waals surface area (Å²) in [5, 5.41) is 16.5. The predicted octanol–water partition coefficient (Wildman–Crippen LogP) is 1.76. The number of nitrogens with zero attached hydrogens (tertiary/aromatic N) is 1. The van der Waals surface area contributed by atoms with Gasteiger partial charge in [0, 0.05) is 11.1 Å². The molecule has 0 saturated carbocycles. The summed E-state index contributed by atoms with van der Waals surface area (Å²) in [5.74, 6) is -3.46. The molecule has 2 rings (SSSR count). The molecule has 1 amide bonds. The van der Waals surface area contributed by atoms with Crippen molar-refractivity contribution in [1.29, 1.82) is 0 Å². The number of H-pyrrole nitrogens is 1. The number of nitrogens with one attached hydrogen (secondary N) is 2. The fraction of sp³-hybridized carbons (Fsp3) is 0.100. The van der Waals surface area contributed by atoms with Crippen LogP contribution in [0.3, 0.4) is 0 Å². The van der Waals surface area contributed by atoms with Crippen LogP contribution in [-0.4, -0.2) is 33.4 Å². The molecule has 2 aromatic rings. The van der Waals surface area contributed by atoms with Crippen molar-refractivity contribution in [3.8, 4) is 0 Å². The first-order valence-corrected chi connectivity index (χ1v) is 4.88. The fourth-order valence-corrected chi connectivity index (χ4v) is 1.46. The molecule has 0 unspecified atom stereocenters. The molecule has 0 bridgehead atoms. The Kier molecular flexibility index (Phi) is 2.89. The average molecular weight is 273 g/mol. The van der Waals surface area contributed by atoms with Crippen molar-refractivity contribution in [2.75, 3.05) is 5.32 Å². The SMILES string of the molecule is O=C(O)c1n[nH]c2ccc(NC(=O)C(F)(F)F)cc12. The summed E-state index contributed by atoms with van der Waals surface area (Å²) in [6.07, 6.45) is -5.01. The van der Waals surface area contributed by atoms with E-state index < -0.39 is 18.1 Å². The number of hydrogen-bond donors (Lipinski definition) is 3. The molecule has 1 heterocycles. The van der Waals surface area contributed by atoms with Crippen LogP contribution in [0.5, 0.6) is 0 Å². The molecular weight excluding hydrogens is 267 g/mol. The molecule has 3 N–H and O–H groups in total. The number of fused-ring (bicyclic) bond motifs is 1. The van der Waals surface area contributed by atoms with Gasteiger partial charge in [0.15, 0.2) is 5.69 Å². The number of aromatic carboxylic acids is 1. The third kappa shape index (κ3) is 2.49. The Morgan fingerprint density at radius 2 is 2.00 bits per heavy atom. The number of halogens is 3. The number of alkyl halides is 3. The number of aromatic amines is 1. The molecule has 0 aliphatic rings. The Morgan fingerprint density at radius 3 is 2.58 bits per heavy atom. The van der Waals surface area contributed by atoms with E-state index in [0.717, 1.165) is 6.07 Å². The van der Waals surface area contributed by atoms with Crippen molar-refractivity contribution >= 4 is 28.5 Å². The van der Waals surface area contributed by atoms with Crippen LogP contribution in [0.4, 0.5) is 18.9 Å². The second kappa shape index (κ2) is 4.26. The van der Waals surface area contributed by atoms with Crippen molar-refractivity contribution in [2.24, 2.45) is 0 Å². The van der Waals surface area contributed by atoms with E-state index in [0.29, 0.717) is 5.52 Å². The van der Waals surface area contributed by atoms with Crippen LogP contribution in [0.15, 0.2) is 18.2 Å². The summed E-state index contributed by atoms with van der Waals surface area (Å²) in [6, 6.07) is 3.63. The van der Waals surface area contributed by atoms with Crippen molar-refractivity contribution in [3.63, 3.8) is 0 Å². The zero-order valence-corrected chi connectivity index (χ0v) is 9.08. The van der Waals surface area contributed by atoms with E-state index in [-0.39, 0.29) is 16.8 Å². The highest BCUT2D eigenvalue weighted by Gasteiger charge is 2.38. The number of benzene rings is 1. The van der Waals surface area contributed by atoms with Gasteiger partial charge in [0.25, 0.3) is 0 Å². The van der Waals surface area contributed by atoms with Crippen LogP contribution in [0.25, 0.3) is 10.9 Å². The van der Waals surface area contributed by atoms with Crippen LogP contribution >= 0.6 is 0 Å². The van der Waals surface area contributed by atoms with E-state index in [4.69, 9.17) is 5.11 Å². The monoisotopic (exact) mass is 273 g/mol. The third-order valence-corrected chi connectivity index (χ3v) is 2.28. The lowest BCUT2D eigenvalue weighted by atomic mass is 10.2. The van der Waals surface area contributed by atoms with Gasteiger partial charge in [-0.25, -0.2) is 4.79 Å². The van der Waals surface area contributed by atoms with Gasteiger partial charge >= 0.3 is 18.1 Å². The minimum atomic E-state index is -5.01. The summed E-state index contributed by atoms with van der Waals surface area (Å²) in [6.45, 7) is 0. The van der Waals surface area contributed by atoms with Gasteiger partial charge < -0.3 is 10.4 Å².